The highest BCUT2D eigenvalue weighted by Crippen LogP contribution is 2.17. The lowest BCUT2D eigenvalue weighted by molar-refractivity contribution is 0.0696. The van der Waals surface area contributed by atoms with E-state index in [-0.39, 0.29) is 11.6 Å². The molecule has 0 fully saturated rings. The third kappa shape index (κ3) is 3.43. The average molecular weight is 252 g/mol. The Hall–Kier alpha value is -1.62. The second kappa shape index (κ2) is 6.35. The summed E-state index contributed by atoms with van der Waals surface area (Å²) in [5, 5.41) is 9.08. The molecule has 1 rings (SSSR count). The van der Waals surface area contributed by atoms with Crippen molar-refractivity contribution in [3.05, 3.63) is 23.4 Å². The van der Waals surface area contributed by atoms with Crippen LogP contribution in [0, 0.1) is 0 Å². The van der Waals surface area contributed by atoms with Gasteiger partial charge in [0.2, 0.25) is 0 Å². The number of anilines is 1. The Morgan fingerprint density at radius 1 is 1.56 bits per heavy atom. The molecule has 0 aliphatic heterocycles. The van der Waals surface area contributed by atoms with Gasteiger partial charge in [0.05, 0.1) is 18.2 Å². The molecule has 1 unspecified atom stereocenters. The lowest BCUT2D eigenvalue weighted by Gasteiger charge is -2.26. The Labute approximate surface area is 107 Å². The standard InChI is InChI=1S/C13H20N2O3/c1-5-11-6-10(13(16)17)7-12(14-11)15(3)9(2)8-18-4/h6-7,9H,5,8H2,1-4H3,(H,16,17). The second-order valence-electron chi connectivity index (χ2n) is 4.28. The van der Waals surface area contributed by atoms with Gasteiger partial charge in [-0.1, -0.05) is 6.92 Å². The molecule has 5 nitrogen and oxygen atoms in total. The van der Waals surface area contributed by atoms with Gasteiger partial charge in [-0.25, -0.2) is 9.78 Å². The number of aryl methyl sites for hydroxylation is 1. The van der Waals surface area contributed by atoms with Crippen LogP contribution < -0.4 is 4.90 Å². The molecule has 1 N–H and O–H groups in total. The maximum Gasteiger partial charge on any atom is 0.335 e. The lowest BCUT2D eigenvalue weighted by Crippen LogP contribution is -2.33. The van der Waals surface area contributed by atoms with Gasteiger partial charge in [-0.3, -0.25) is 0 Å². The Morgan fingerprint density at radius 3 is 2.72 bits per heavy atom. The molecule has 0 saturated carbocycles. The number of hydrogen-bond donors (Lipinski definition) is 1. The van der Waals surface area contributed by atoms with E-state index in [0.717, 1.165) is 5.69 Å². The van der Waals surface area contributed by atoms with E-state index in [9.17, 15) is 4.79 Å². The molecule has 0 aliphatic carbocycles. The van der Waals surface area contributed by atoms with Crippen LogP contribution in [0.1, 0.15) is 29.9 Å². The molecular formula is C13H20N2O3. The molecule has 1 aromatic rings. The molecule has 1 atom stereocenters. The van der Waals surface area contributed by atoms with E-state index >= 15 is 0 Å². The summed E-state index contributed by atoms with van der Waals surface area (Å²) in [5.41, 5.74) is 1.05. The fourth-order valence-corrected chi connectivity index (χ4v) is 1.64. The SMILES string of the molecule is CCc1cc(C(=O)O)cc(N(C)C(C)COC)n1. The molecule has 0 amide bonds. The van der Waals surface area contributed by atoms with Crippen molar-refractivity contribution >= 4 is 11.8 Å². The number of aromatic carboxylic acids is 1. The number of likely N-dealkylation sites (N-methyl/N-ethyl adjacent to an activating group) is 1. The molecule has 5 heteroatoms. The van der Waals surface area contributed by atoms with Gasteiger partial charge in [0, 0.05) is 19.9 Å². The van der Waals surface area contributed by atoms with Gasteiger partial charge in [-0.05, 0) is 25.5 Å². The number of ether oxygens (including phenoxy) is 1. The fraction of sp³-hybridized carbons (Fsp3) is 0.538. The molecule has 1 heterocycles. The lowest BCUT2D eigenvalue weighted by atomic mass is 10.2. The van der Waals surface area contributed by atoms with E-state index in [0.29, 0.717) is 18.8 Å². The van der Waals surface area contributed by atoms with E-state index in [1.165, 1.54) is 0 Å². The minimum atomic E-state index is -0.929. The predicted molar refractivity (Wildman–Crippen MR) is 70.3 cm³/mol. The third-order valence-electron chi connectivity index (χ3n) is 2.90. The van der Waals surface area contributed by atoms with Crippen LogP contribution in [0.15, 0.2) is 12.1 Å². The Morgan fingerprint density at radius 2 is 2.22 bits per heavy atom. The van der Waals surface area contributed by atoms with Gasteiger partial charge >= 0.3 is 5.97 Å². The van der Waals surface area contributed by atoms with Crippen LogP contribution >= 0.6 is 0 Å². The Kier molecular flexibility index (Phi) is 5.09. The second-order valence-corrected chi connectivity index (χ2v) is 4.28. The van der Waals surface area contributed by atoms with Crippen molar-refractivity contribution in [2.75, 3.05) is 25.7 Å². The number of rotatable bonds is 6. The summed E-state index contributed by atoms with van der Waals surface area (Å²) in [6, 6.07) is 3.34. The van der Waals surface area contributed by atoms with Gasteiger partial charge < -0.3 is 14.7 Å². The van der Waals surface area contributed by atoms with Gasteiger partial charge in [-0.2, -0.15) is 0 Å². The smallest absolute Gasteiger partial charge is 0.335 e. The first-order valence-corrected chi connectivity index (χ1v) is 5.95. The highest BCUT2D eigenvalue weighted by atomic mass is 16.5. The van der Waals surface area contributed by atoms with Crippen molar-refractivity contribution in [3.63, 3.8) is 0 Å². The summed E-state index contributed by atoms with van der Waals surface area (Å²) < 4.78 is 5.09. The number of pyridine rings is 1. The third-order valence-corrected chi connectivity index (χ3v) is 2.90. The van der Waals surface area contributed by atoms with Crippen molar-refractivity contribution in [3.8, 4) is 0 Å². The molecule has 0 spiro atoms. The first-order chi connectivity index (χ1) is 8.49. The van der Waals surface area contributed by atoms with Gasteiger partial charge in [0.25, 0.3) is 0 Å². The van der Waals surface area contributed by atoms with E-state index in [4.69, 9.17) is 9.84 Å². The van der Waals surface area contributed by atoms with Crippen LogP contribution in [0.5, 0.6) is 0 Å². The predicted octanol–water partition coefficient (Wildman–Crippen LogP) is 1.81. The van der Waals surface area contributed by atoms with Crippen LogP contribution in [0.3, 0.4) is 0 Å². The highest BCUT2D eigenvalue weighted by molar-refractivity contribution is 5.88. The zero-order chi connectivity index (χ0) is 13.7. The Balaban J connectivity index is 3.07. The summed E-state index contributed by atoms with van der Waals surface area (Å²) in [6.07, 6.45) is 0.709. The Bertz CT molecular complexity index is 421. The van der Waals surface area contributed by atoms with Crippen LogP contribution in [0.2, 0.25) is 0 Å². The van der Waals surface area contributed by atoms with Crippen molar-refractivity contribution in [1.29, 1.82) is 0 Å². The number of hydrogen-bond acceptors (Lipinski definition) is 4. The topological polar surface area (TPSA) is 62.7 Å². The van der Waals surface area contributed by atoms with Crippen LogP contribution in [-0.4, -0.2) is 42.9 Å². The first kappa shape index (κ1) is 14.4. The summed E-state index contributed by atoms with van der Waals surface area (Å²) in [5.74, 6) is -0.266. The number of carboxylic acid groups (broad SMARTS) is 1. The van der Waals surface area contributed by atoms with Crippen molar-refractivity contribution in [1.82, 2.24) is 4.98 Å². The number of carbonyl (C=O) groups is 1. The van der Waals surface area contributed by atoms with Crippen LogP contribution in [0.25, 0.3) is 0 Å². The molecule has 0 saturated heterocycles. The minimum Gasteiger partial charge on any atom is -0.478 e. The van der Waals surface area contributed by atoms with Crippen LogP contribution in [0.4, 0.5) is 5.82 Å². The maximum atomic E-state index is 11.1. The molecule has 0 radical (unpaired) electrons. The summed E-state index contributed by atoms with van der Waals surface area (Å²) in [7, 11) is 3.53. The monoisotopic (exact) mass is 252 g/mol. The van der Waals surface area contributed by atoms with Crippen molar-refractivity contribution < 1.29 is 14.6 Å². The van der Waals surface area contributed by atoms with Crippen molar-refractivity contribution in [2.45, 2.75) is 26.3 Å². The van der Waals surface area contributed by atoms with Crippen LogP contribution in [-0.2, 0) is 11.2 Å². The number of carboxylic acids is 1. The maximum absolute atomic E-state index is 11.1. The molecule has 0 bridgehead atoms. The summed E-state index contributed by atoms with van der Waals surface area (Å²) in [6.45, 7) is 4.53. The summed E-state index contributed by atoms with van der Waals surface area (Å²) >= 11 is 0. The number of aromatic nitrogens is 1. The minimum absolute atomic E-state index is 0.135. The van der Waals surface area contributed by atoms with Crippen molar-refractivity contribution in [2.24, 2.45) is 0 Å². The average Bonchev–Trinajstić information content (AvgIpc) is 2.37. The van der Waals surface area contributed by atoms with Gasteiger partial charge in [0.1, 0.15) is 5.82 Å². The van der Waals surface area contributed by atoms with Gasteiger partial charge in [-0.15, -0.1) is 0 Å². The number of methoxy groups -OCH3 is 1. The van der Waals surface area contributed by atoms with E-state index in [2.05, 4.69) is 4.98 Å². The van der Waals surface area contributed by atoms with E-state index in [1.54, 1.807) is 19.2 Å². The number of nitrogens with zero attached hydrogens (tertiary/aromatic N) is 2. The zero-order valence-electron chi connectivity index (χ0n) is 11.3. The largest absolute Gasteiger partial charge is 0.478 e. The normalized spacial score (nSPS) is 12.2. The molecule has 100 valence electrons. The molecule has 18 heavy (non-hydrogen) atoms. The molecule has 1 aromatic heterocycles. The molecule has 0 aliphatic rings. The highest BCUT2D eigenvalue weighted by Gasteiger charge is 2.14. The quantitative estimate of drug-likeness (QED) is 0.836. The summed E-state index contributed by atoms with van der Waals surface area (Å²) in [4.78, 5) is 17.4. The fourth-order valence-electron chi connectivity index (χ4n) is 1.64. The molecular weight excluding hydrogens is 232 g/mol. The van der Waals surface area contributed by atoms with E-state index in [1.807, 2.05) is 25.8 Å². The molecule has 0 aromatic carbocycles. The zero-order valence-corrected chi connectivity index (χ0v) is 11.3. The van der Waals surface area contributed by atoms with E-state index < -0.39 is 5.97 Å². The first-order valence-electron chi connectivity index (χ1n) is 5.95. The van der Waals surface area contributed by atoms with Gasteiger partial charge in [0.15, 0.2) is 0 Å².